The van der Waals surface area contributed by atoms with Crippen molar-refractivity contribution in [2.75, 3.05) is 27.9 Å². The van der Waals surface area contributed by atoms with Gasteiger partial charge in [-0.25, -0.2) is 4.79 Å². The van der Waals surface area contributed by atoms with E-state index in [0.29, 0.717) is 46.0 Å². The van der Waals surface area contributed by atoms with Gasteiger partial charge in [-0.15, -0.1) is 0 Å². The van der Waals surface area contributed by atoms with Crippen LogP contribution in [0.2, 0.25) is 0 Å². The summed E-state index contributed by atoms with van der Waals surface area (Å²) in [7, 11) is 4.32. The second kappa shape index (κ2) is 9.46. The van der Waals surface area contributed by atoms with Crippen LogP contribution >= 0.6 is 0 Å². The molecule has 0 aromatic heterocycles. The molecule has 8 nitrogen and oxygen atoms in total. The molecule has 1 aromatic rings. The van der Waals surface area contributed by atoms with Gasteiger partial charge in [0.2, 0.25) is 0 Å². The summed E-state index contributed by atoms with van der Waals surface area (Å²) in [5, 5.41) is 3.23. The van der Waals surface area contributed by atoms with E-state index in [4.69, 9.17) is 18.9 Å². The molecule has 3 rings (SSSR count). The van der Waals surface area contributed by atoms with Gasteiger partial charge in [0.1, 0.15) is 5.92 Å². The van der Waals surface area contributed by atoms with Gasteiger partial charge in [0, 0.05) is 22.9 Å². The number of rotatable bonds is 6. The number of methoxy groups -OCH3 is 3. The van der Waals surface area contributed by atoms with Gasteiger partial charge in [0.25, 0.3) is 0 Å². The Balaban J connectivity index is 2.23. The predicted octanol–water partition coefficient (Wildman–Crippen LogP) is 2.88. The van der Waals surface area contributed by atoms with Gasteiger partial charge in [0.15, 0.2) is 17.3 Å². The Morgan fingerprint density at radius 3 is 2.41 bits per heavy atom. The van der Waals surface area contributed by atoms with Crippen molar-refractivity contribution in [2.45, 2.75) is 33.1 Å². The average molecular weight is 443 g/mol. The van der Waals surface area contributed by atoms with Crippen molar-refractivity contribution in [1.82, 2.24) is 5.32 Å². The van der Waals surface area contributed by atoms with Crippen LogP contribution in [0.1, 0.15) is 38.7 Å². The lowest BCUT2D eigenvalue weighted by Gasteiger charge is -2.38. The van der Waals surface area contributed by atoms with Crippen molar-refractivity contribution < 1.29 is 33.3 Å². The van der Waals surface area contributed by atoms with Gasteiger partial charge in [-0.3, -0.25) is 9.59 Å². The largest absolute Gasteiger partial charge is 0.493 e. The van der Waals surface area contributed by atoms with Crippen LogP contribution < -0.4 is 14.8 Å². The van der Waals surface area contributed by atoms with Gasteiger partial charge < -0.3 is 24.3 Å². The standard InChI is InChI=1S/C24H29NO7/c1-7-32-24(28)19-13(3)25-15-10-12(2)18(23(27)31-6)22(26)21(15)20(19)14-8-9-16(29-4)17(11-14)30-5/h8-9,11-12,18,20,25H,7,10H2,1-6H3/t12-,18-,20-/m1/s1. The molecule has 2 aliphatic rings. The molecule has 1 aromatic carbocycles. The highest BCUT2D eigenvalue weighted by Gasteiger charge is 2.47. The lowest BCUT2D eigenvalue weighted by Crippen LogP contribution is -2.43. The predicted molar refractivity (Wildman–Crippen MR) is 116 cm³/mol. The first-order valence-corrected chi connectivity index (χ1v) is 10.5. The Kier molecular flexibility index (Phi) is 6.91. The molecule has 0 bridgehead atoms. The minimum Gasteiger partial charge on any atom is -0.493 e. The molecule has 0 fully saturated rings. The molecule has 172 valence electrons. The number of ether oxygens (including phenoxy) is 4. The Labute approximate surface area is 187 Å². The first kappa shape index (κ1) is 23.4. The lowest BCUT2D eigenvalue weighted by molar-refractivity contribution is -0.151. The minimum absolute atomic E-state index is 0.190. The molecule has 1 aliphatic heterocycles. The fourth-order valence-electron chi connectivity index (χ4n) is 4.53. The molecule has 1 aliphatic carbocycles. The second-order valence-corrected chi connectivity index (χ2v) is 7.87. The van der Waals surface area contributed by atoms with Crippen LogP contribution in [0.4, 0.5) is 0 Å². The molecule has 3 atom stereocenters. The number of dihydropyridines is 1. The zero-order valence-corrected chi connectivity index (χ0v) is 19.2. The summed E-state index contributed by atoms with van der Waals surface area (Å²) in [6.45, 7) is 5.54. The average Bonchev–Trinajstić information content (AvgIpc) is 2.77. The Hall–Kier alpha value is -3.29. The second-order valence-electron chi connectivity index (χ2n) is 7.87. The molecule has 0 saturated carbocycles. The van der Waals surface area contributed by atoms with E-state index >= 15 is 0 Å². The maximum Gasteiger partial charge on any atom is 0.336 e. The van der Waals surface area contributed by atoms with Crippen LogP contribution in [0.5, 0.6) is 11.5 Å². The van der Waals surface area contributed by atoms with E-state index in [1.54, 1.807) is 32.0 Å². The van der Waals surface area contributed by atoms with Crippen LogP contribution in [-0.4, -0.2) is 45.7 Å². The number of Topliss-reactive ketones (excluding diaryl/α,β-unsaturated/α-hetero) is 1. The number of esters is 2. The van der Waals surface area contributed by atoms with Gasteiger partial charge >= 0.3 is 11.9 Å². The van der Waals surface area contributed by atoms with E-state index in [9.17, 15) is 14.4 Å². The third kappa shape index (κ3) is 3.97. The summed E-state index contributed by atoms with van der Waals surface area (Å²) in [5.74, 6) is -2.38. The lowest BCUT2D eigenvalue weighted by atomic mass is 9.69. The molecule has 0 saturated heterocycles. The number of ketones is 1. The topological polar surface area (TPSA) is 100 Å². The number of benzene rings is 1. The summed E-state index contributed by atoms with van der Waals surface area (Å²) >= 11 is 0. The van der Waals surface area contributed by atoms with Crippen LogP contribution in [0.25, 0.3) is 0 Å². The highest BCUT2D eigenvalue weighted by Crippen LogP contribution is 2.46. The van der Waals surface area contributed by atoms with Gasteiger partial charge in [-0.1, -0.05) is 13.0 Å². The number of allylic oxidation sites excluding steroid dienone is 3. The van der Waals surface area contributed by atoms with Gasteiger partial charge in [-0.05, 0) is 43.9 Å². The number of hydrogen-bond acceptors (Lipinski definition) is 8. The van der Waals surface area contributed by atoms with Crippen molar-refractivity contribution in [3.8, 4) is 11.5 Å². The highest BCUT2D eigenvalue weighted by molar-refractivity contribution is 6.12. The Morgan fingerprint density at radius 1 is 1.12 bits per heavy atom. The van der Waals surface area contributed by atoms with Crippen molar-refractivity contribution >= 4 is 17.7 Å². The molecule has 32 heavy (non-hydrogen) atoms. The molecule has 0 unspecified atom stereocenters. The monoisotopic (exact) mass is 443 g/mol. The molecular formula is C24H29NO7. The molecule has 0 radical (unpaired) electrons. The summed E-state index contributed by atoms with van der Waals surface area (Å²) in [5.41, 5.74) is 2.67. The van der Waals surface area contributed by atoms with Crippen molar-refractivity contribution in [3.63, 3.8) is 0 Å². The van der Waals surface area contributed by atoms with E-state index in [1.165, 1.54) is 21.3 Å². The SMILES string of the molecule is CCOC(=O)C1=C(C)NC2=C(C(=O)[C@H](C(=O)OC)[C@H](C)C2)[C@@H]1c1ccc(OC)c(OC)c1. The van der Waals surface area contributed by atoms with E-state index in [-0.39, 0.29) is 18.3 Å². The zero-order valence-electron chi connectivity index (χ0n) is 19.2. The first-order chi connectivity index (χ1) is 15.3. The van der Waals surface area contributed by atoms with Gasteiger partial charge in [-0.2, -0.15) is 0 Å². The van der Waals surface area contributed by atoms with Crippen LogP contribution in [0.3, 0.4) is 0 Å². The van der Waals surface area contributed by atoms with Crippen molar-refractivity contribution in [2.24, 2.45) is 11.8 Å². The molecule has 1 N–H and O–H groups in total. The van der Waals surface area contributed by atoms with Crippen LogP contribution in [-0.2, 0) is 23.9 Å². The Bertz CT molecular complexity index is 1010. The van der Waals surface area contributed by atoms with Crippen LogP contribution in [0.15, 0.2) is 40.7 Å². The maximum atomic E-state index is 13.6. The summed E-state index contributed by atoms with van der Waals surface area (Å²) < 4.78 is 21.0. The summed E-state index contributed by atoms with van der Waals surface area (Å²) in [6.07, 6.45) is 0.470. The third-order valence-corrected chi connectivity index (χ3v) is 5.98. The molecule has 0 amide bonds. The maximum absolute atomic E-state index is 13.6. The van der Waals surface area contributed by atoms with E-state index in [1.807, 2.05) is 6.92 Å². The van der Waals surface area contributed by atoms with Crippen molar-refractivity contribution in [1.29, 1.82) is 0 Å². The molecular weight excluding hydrogens is 414 g/mol. The highest BCUT2D eigenvalue weighted by atomic mass is 16.5. The molecule has 0 spiro atoms. The minimum atomic E-state index is -0.940. The fraction of sp³-hybridized carbons (Fsp3) is 0.458. The third-order valence-electron chi connectivity index (χ3n) is 5.98. The summed E-state index contributed by atoms with van der Waals surface area (Å²) in [4.78, 5) is 39.1. The first-order valence-electron chi connectivity index (χ1n) is 10.5. The number of hydrogen-bond donors (Lipinski definition) is 1. The van der Waals surface area contributed by atoms with E-state index < -0.39 is 23.8 Å². The smallest absolute Gasteiger partial charge is 0.336 e. The van der Waals surface area contributed by atoms with Gasteiger partial charge in [0.05, 0.1) is 33.5 Å². The molecule has 1 heterocycles. The van der Waals surface area contributed by atoms with E-state index in [0.717, 1.165) is 0 Å². The molecule has 8 heteroatoms. The van der Waals surface area contributed by atoms with Crippen molar-refractivity contribution in [3.05, 3.63) is 46.3 Å². The number of nitrogens with one attached hydrogen (secondary N) is 1. The normalized spacial score (nSPS) is 22.7. The summed E-state index contributed by atoms with van der Waals surface area (Å²) in [6, 6.07) is 5.25. The quantitative estimate of drug-likeness (QED) is 0.529. The number of carbonyl (C=O) groups excluding carboxylic acids is 3. The van der Waals surface area contributed by atoms with Crippen LogP contribution in [0, 0.1) is 11.8 Å². The fourth-order valence-corrected chi connectivity index (χ4v) is 4.53. The zero-order chi connectivity index (χ0) is 23.6. The van der Waals surface area contributed by atoms with E-state index in [2.05, 4.69) is 5.32 Å². The number of carbonyl (C=O) groups is 3. The Morgan fingerprint density at radius 2 is 1.81 bits per heavy atom.